The van der Waals surface area contributed by atoms with Crippen LogP contribution in [0.2, 0.25) is 0 Å². The molecule has 0 radical (unpaired) electrons. The molecule has 110 valence electrons. The molecule has 0 spiro atoms. The van der Waals surface area contributed by atoms with E-state index in [0.29, 0.717) is 17.1 Å². The zero-order valence-electron chi connectivity index (χ0n) is 11.3. The van der Waals surface area contributed by atoms with E-state index in [2.05, 4.69) is 10.3 Å². The van der Waals surface area contributed by atoms with Gasteiger partial charge in [-0.15, -0.1) is 11.3 Å². The number of nitrogens with zero attached hydrogens (tertiary/aromatic N) is 1. The monoisotopic (exact) mass is 306 g/mol. The molecule has 4 N–H and O–H groups in total. The normalized spacial score (nSPS) is 10.0. The molecule has 21 heavy (non-hydrogen) atoms. The SMILES string of the molecule is CC(=O)Nc1ccccc1OCc1csc(C(=O)NN)n1. The van der Waals surface area contributed by atoms with Gasteiger partial charge in [0.1, 0.15) is 12.4 Å². The highest BCUT2D eigenvalue weighted by atomic mass is 32.1. The van der Waals surface area contributed by atoms with Gasteiger partial charge in [0.05, 0.1) is 11.4 Å². The van der Waals surface area contributed by atoms with Crippen LogP contribution in [0, 0.1) is 0 Å². The molecule has 2 amide bonds. The maximum atomic E-state index is 11.3. The number of nitrogen functional groups attached to an aromatic ring is 1. The summed E-state index contributed by atoms with van der Waals surface area (Å²) in [5, 5.41) is 4.66. The zero-order valence-corrected chi connectivity index (χ0v) is 12.1. The molecule has 0 unspecified atom stereocenters. The van der Waals surface area contributed by atoms with Gasteiger partial charge in [-0.1, -0.05) is 12.1 Å². The van der Waals surface area contributed by atoms with Crippen LogP contribution in [0.3, 0.4) is 0 Å². The van der Waals surface area contributed by atoms with E-state index in [1.165, 1.54) is 18.3 Å². The molecule has 0 aliphatic carbocycles. The lowest BCUT2D eigenvalue weighted by molar-refractivity contribution is -0.114. The first-order valence-corrected chi connectivity index (χ1v) is 6.93. The minimum absolute atomic E-state index is 0.179. The third-order valence-corrected chi connectivity index (χ3v) is 3.34. The van der Waals surface area contributed by atoms with Gasteiger partial charge in [0.25, 0.3) is 5.91 Å². The minimum Gasteiger partial charge on any atom is -0.485 e. The molecule has 2 rings (SSSR count). The summed E-state index contributed by atoms with van der Waals surface area (Å²) in [5.41, 5.74) is 3.21. The number of thiazole rings is 1. The molecule has 0 saturated carbocycles. The number of hydrazine groups is 1. The van der Waals surface area contributed by atoms with E-state index in [0.717, 1.165) is 0 Å². The van der Waals surface area contributed by atoms with Crippen molar-refractivity contribution in [2.75, 3.05) is 5.32 Å². The van der Waals surface area contributed by atoms with E-state index >= 15 is 0 Å². The molecule has 8 heteroatoms. The number of carbonyl (C=O) groups is 2. The maximum absolute atomic E-state index is 11.3. The predicted molar refractivity (Wildman–Crippen MR) is 78.8 cm³/mol. The number of benzene rings is 1. The van der Waals surface area contributed by atoms with Crippen molar-refractivity contribution in [2.24, 2.45) is 5.84 Å². The van der Waals surface area contributed by atoms with Crippen LogP contribution in [-0.2, 0) is 11.4 Å². The number of para-hydroxylation sites is 2. The smallest absolute Gasteiger partial charge is 0.294 e. The summed E-state index contributed by atoms with van der Waals surface area (Å²) in [5.74, 6) is 4.95. The van der Waals surface area contributed by atoms with Gasteiger partial charge >= 0.3 is 0 Å². The van der Waals surface area contributed by atoms with Crippen molar-refractivity contribution in [3.63, 3.8) is 0 Å². The Kier molecular flexibility index (Phi) is 4.85. The summed E-state index contributed by atoms with van der Waals surface area (Å²) in [7, 11) is 0. The minimum atomic E-state index is -0.440. The Balaban J connectivity index is 2.04. The highest BCUT2D eigenvalue weighted by Crippen LogP contribution is 2.24. The highest BCUT2D eigenvalue weighted by Gasteiger charge is 2.10. The van der Waals surface area contributed by atoms with Crippen LogP contribution in [0.4, 0.5) is 5.69 Å². The summed E-state index contributed by atoms with van der Waals surface area (Å²) >= 11 is 1.18. The topological polar surface area (TPSA) is 106 Å². The van der Waals surface area contributed by atoms with Gasteiger partial charge in [-0.05, 0) is 12.1 Å². The third-order valence-electron chi connectivity index (χ3n) is 2.45. The average molecular weight is 306 g/mol. The Morgan fingerprint density at radius 2 is 2.14 bits per heavy atom. The van der Waals surface area contributed by atoms with Gasteiger partial charge < -0.3 is 10.1 Å². The number of hydrogen-bond donors (Lipinski definition) is 3. The third kappa shape index (κ3) is 4.01. The Morgan fingerprint density at radius 1 is 1.38 bits per heavy atom. The predicted octanol–water partition coefficient (Wildman–Crippen LogP) is 1.28. The van der Waals surface area contributed by atoms with Crippen molar-refractivity contribution in [3.8, 4) is 5.75 Å². The number of aromatic nitrogens is 1. The lowest BCUT2D eigenvalue weighted by Crippen LogP contribution is -2.29. The van der Waals surface area contributed by atoms with E-state index in [4.69, 9.17) is 10.6 Å². The Hall–Kier alpha value is -2.45. The Labute approximate surface area is 125 Å². The molecule has 0 bridgehead atoms. The highest BCUT2D eigenvalue weighted by molar-refractivity contribution is 7.11. The quantitative estimate of drug-likeness (QED) is 0.438. The van der Waals surface area contributed by atoms with Crippen LogP contribution in [0.15, 0.2) is 29.6 Å². The van der Waals surface area contributed by atoms with Crippen molar-refractivity contribution in [1.82, 2.24) is 10.4 Å². The van der Waals surface area contributed by atoms with E-state index < -0.39 is 5.91 Å². The lowest BCUT2D eigenvalue weighted by atomic mass is 10.3. The molecular weight excluding hydrogens is 292 g/mol. The summed E-state index contributed by atoms with van der Waals surface area (Å²) < 4.78 is 5.62. The zero-order chi connectivity index (χ0) is 15.2. The fourth-order valence-electron chi connectivity index (χ4n) is 1.58. The molecule has 0 saturated heterocycles. The Bertz CT molecular complexity index is 656. The lowest BCUT2D eigenvalue weighted by Gasteiger charge is -2.10. The second kappa shape index (κ2) is 6.82. The molecule has 0 aliphatic heterocycles. The van der Waals surface area contributed by atoms with Gasteiger partial charge in [-0.2, -0.15) is 0 Å². The van der Waals surface area contributed by atoms with Crippen LogP contribution in [0.5, 0.6) is 5.75 Å². The van der Waals surface area contributed by atoms with Crippen LogP contribution < -0.4 is 21.3 Å². The van der Waals surface area contributed by atoms with Crippen molar-refractivity contribution in [1.29, 1.82) is 0 Å². The number of amides is 2. The summed E-state index contributed by atoms with van der Waals surface area (Å²) in [6, 6.07) is 7.08. The van der Waals surface area contributed by atoms with Crippen molar-refractivity contribution < 1.29 is 14.3 Å². The molecular formula is C13H14N4O3S. The number of nitrogens with one attached hydrogen (secondary N) is 2. The van der Waals surface area contributed by atoms with E-state index in [1.807, 2.05) is 5.43 Å². The first-order valence-electron chi connectivity index (χ1n) is 6.05. The van der Waals surface area contributed by atoms with Crippen molar-refractivity contribution in [2.45, 2.75) is 13.5 Å². The fourth-order valence-corrected chi connectivity index (χ4v) is 2.28. The maximum Gasteiger partial charge on any atom is 0.294 e. The number of nitrogens with two attached hydrogens (primary N) is 1. The van der Waals surface area contributed by atoms with E-state index in [-0.39, 0.29) is 17.5 Å². The molecule has 1 aromatic heterocycles. The number of anilines is 1. The molecule has 1 aromatic carbocycles. The number of hydrogen-bond acceptors (Lipinski definition) is 6. The Morgan fingerprint density at radius 3 is 2.86 bits per heavy atom. The molecule has 0 fully saturated rings. The molecule has 0 aliphatic rings. The van der Waals surface area contributed by atoms with Crippen LogP contribution in [0.1, 0.15) is 22.4 Å². The standard InChI is InChI=1S/C13H14N4O3S/c1-8(18)15-10-4-2-3-5-11(10)20-6-9-7-21-13(16-9)12(19)17-14/h2-5,7H,6,14H2,1H3,(H,15,18)(H,17,19). The van der Waals surface area contributed by atoms with Gasteiger partial charge in [0.2, 0.25) is 5.91 Å². The van der Waals surface area contributed by atoms with Gasteiger partial charge in [0, 0.05) is 12.3 Å². The second-order valence-electron chi connectivity index (χ2n) is 4.08. The molecule has 0 atom stereocenters. The summed E-state index contributed by atoms with van der Waals surface area (Å²) in [4.78, 5) is 26.5. The van der Waals surface area contributed by atoms with E-state index in [9.17, 15) is 9.59 Å². The van der Waals surface area contributed by atoms with Crippen molar-refractivity contribution >= 4 is 28.8 Å². The number of rotatable bonds is 5. The van der Waals surface area contributed by atoms with E-state index in [1.54, 1.807) is 29.6 Å². The van der Waals surface area contributed by atoms with Crippen LogP contribution >= 0.6 is 11.3 Å². The van der Waals surface area contributed by atoms with Gasteiger partial charge in [0.15, 0.2) is 5.01 Å². The van der Waals surface area contributed by atoms with Crippen LogP contribution in [-0.4, -0.2) is 16.8 Å². The average Bonchev–Trinajstić information content (AvgIpc) is 2.94. The van der Waals surface area contributed by atoms with Crippen LogP contribution in [0.25, 0.3) is 0 Å². The second-order valence-corrected chi connectivity index (χ2v) is 4.94. The van der Waals surface area contributed by atoms with Gasteiger partial charge in [-0.3, -0.25) is 15.0 Å². The number of ether oxygens (including phenoxy) is 1. The van der Waals surface area contributed by atoms with Gasteiger partial charge in [-0.25, -0.2) is 10.8 Å². The molecule has 7 nitrogen and oxygen atoms in total. The van der Waals surface area contributed by atoms with Crippen molar-refractivity contribution in [3.05, 3.63) is 40.3 Å². The first kappa shape index (κ1) is 14.9. The largest absolute Gasteiger partial charge is 0.485 e. The summed E-state index contributed by atoms with van der Waals surface area (Å²) in [6.07, 6.45) is 0. The molecule has 2 aromatic rings. The first-order chi connectivity index (χ1) is 10.1. The summed E-state index contributed by atoms with van der Waals surface area (Å²) in [6.45, 7) is 1.61. The fraction of sp³-hybridized carbons (Fsp3) is 0.154. The number of carbonyl (C=O) groups excluding carboxylic acids is 2. The molecule has 1 heterocycles.